The van der Waals surface area contributed by atoms with E-state index < -0.39 is 17.6 Å². The molecular formula is C13H16ClF4N. The van der Waals surface area contributed by atoms with E-state index >= 15 is 0 Å². The van der Waals surface area contributed by atoms with Gasteiger partial charge in [-0.1, -0.05) is 12.8 Å². The van der Waals surface area contributed by atoms with E-state index in [0.717, 1.165) is 37.8 Å². The monoisotopic (exact) mass is 297 g/mol. The zero-order valence-electron chi connectivity index (χ0n) is 10.4. The van der Waals surface area contributed by atoms with E-state index in [1.807, 2.05) is 0 Å². The molecule has 1 nitrogen and oxygen atoms in total. The largest absolute Gasteiger partial charge is 0.416 e. The number of rotatable bonds is 7. The van der Waals surface area contributed by atoms with Gasteiger partial charge in [-0.3, -0.25) is 0 Å². The number of hydrogen-bond acceptors (Lipinski definition) is 1. The Morgan fingerprint density at radius 3 is 2.32 bits per heavy atom. The minimum absolute atomic E-state index is 0.102. The number of alkyl halides is 4. The highest BCUT2D eigenvalue weighted by Crippen LogP contribution is 2.31. The lowest BCUT2D eigenvalue weighted by Crippen LogP contribution is -2.08. The summed E-state index contributed by atoms with van der Waals surface area (Å²) in [4.78, 5) is 0. The van der Waals surface area contributed by atoms with Gasteiger partial charge in [-0.2, -0.15) is 13.2 Å². The normalized spacial score (nSPS) is 11.6. The van der Waals surface area contributed by atoms with E-state index in [2.05, 4.69) is 5.32 Å². The van der Waals surface area contributed by atoms with Crippen LogP contribution in [0.1, 0.15) is 31.2 Å². The van der Waals surface area contributed by atoms with Crippen molar-refractivity contribution in [3.05, 3.63) is 29.6 Å². The van der Waals surface area contributed by atoms with Crippen LogP contribution in [0.25, 0.3) is 0 Å². The van der Waals surface area contributed by atoms with E-state index in [9.17, 15) is 17.6 Å². The third kappa shape index (κ3) is 5.68. The molecule has 0 saturated carbocycles. The van der Waals surface area contributed by atoms with Gasteiger partial charge >= 0.3 is 6.18 Å². The van der Waals surface area contributed by atoms with E-state index in [4.69, 9.17) is 11.6 Å². The molecule has 1 N–H and O–H groups in total. The number of anilines is 1. The number of nitrogens with one attached hydrogen (secondary N) is 1. The van der Waals surface area contributed by atoms with Crippen LogP contribution in [0, 0.1) is 5.82 Å². The highest BCUT2D eigenvalue weighted by molar-refractivity contribution is 6.17. The van der Waals surface area contributed by atoms with Gasteiger partial charge in [0.1, 0.15) is 5.82 Å². The van der Waals surface area contributed by atoms with Gasteiger partial charge in [-0.25, -0.2) is 4.39 Å². The molecule has 0 unspecified atom stereocenters. The topological polar surface area (TPSA) is 12.0 Å². The van der Waals surface area contributed by atoms with Crippen LogP contribution in [-0.4, -0.2) is 12.4 Å². The van der Waals surface area contributed by atoms with Crippen molar-refractivity contribution in [2.75, 3.05) is 17.7 Å². The van der Waals surface area contributed by atoms with E-state index in [1.54, 1.807) is 0 Å². The first-order valence-corrected chi connectivity index (χ1v) is 6.65. The second-order valence-electron chi connectivity index (χ2n) is 4.22. The molecule has 19 heavy (non-hydrogen) atoms. The molecule has 1 rings (SSSR count). The van der Waals surface area contributed by atoms with E-state index in [-0.39, 0.29) is 5.69 Å². The van der Waals surface area contributed by atoms with Crippen LogP contribution < -0.4 is 5.32 Å². The summed E-state index contributed by atoms with van der Waals surface area (Å²) in [5, 5.41) is 2.79. The molecule has 1 aromatic carbocycles. The average Bonchev–Trinajstić information content (AvgIpc) is 2.34. The molecule has 0 aliphatic heterocycles. The van der Waals surface area contributed by atoms with Crippen molar-refractivity contribution in [1.82, 2.24) is 0 Å². The Labute approximate surface area is 115 Å². The van der Waals surface area contributed by atoms with Crippen molar-refractivity contribution in [2.45, 2.75) is 31.9 Å². The lowest BCUT2D eigenvalue weighted by Gasteiger charge is -2.10. The van der Waals surface area contributed by atoms with Gasteiger partial charge < -0.3 is 5.32 Å². The Morgan fingerprint density at radius 2 is 1.74 bits per heavy atom. The van der Waals surface area contributed by atoms with Crippen molar-refractivity contribution in [3.63, 3.8) is 0 Å². The molecule has 0 spiro atoms. The third-order valence-electron chi connectivity index (χ3n) is 2.67. The van der Waals surface area contributed by atoms with Gasteiger partial charge in [0.15, 0.2) is 0 Å². The molecule has 0 radical (unpaired) electrons. The maximum atomic E-state index is 13.4. The lowest BCUT2D eigenvalue weighted by atomic mass is 10.1. The first-order valence-electron chi connectivity index (χ1n) is 6.11. The highest BCUT2D eigenvalue weighted by Gasteiger charge is 2.31. The standard InChI is InChI=1S/C13H16ClF4N/c14-7-3-1-2-4-8-19-12-6-5-10(9-11(12)15)13(16,17)18/h5-6,9,19H,1-4,7-8H2. The first-order chi connectivity index (χ1) is 8.95. The fourth-order valence-corrected chi connectivity index (χ4v) is 1.82. The van der Waals surface area contributed by atoms with Crippen molar-refractivity contribution in [1.29, 1.82) is 0 Å². The summed E-state index contributed by atoms with van der Waals surface area (Å²) >= 11 is 5.53. The molecule has 0 aliphatic carbocycles. The van der Waals surface area contributed by atoms with Gasteiger partial charge in [0, 0.05) is 12.4 Å². The summed E-state index contributed by atoms with van der Waals surface area (Å²) < 4.78 is 50.4. The van der Waals surface area contributed by atoms with Gasteiger partial charge in [0.2, 0.25) is 0 Å². The average molecular weight is 298 g/mol. The molecule has 0 aromatic heterocycles. The molecule has 0 aliphatic rings. The van der Waals surface area contributed by atoms with E-state index in [1.165, 1.54) is 0 Å². The summed E-state index contributed by atoms with van der Waals surface area (Å²) in [6.07, 6.45) is -0.781. The fourth-order valence-electron chi connectivity index (χ4n) is 1.63. The van der Waals surface area contributed by atoms with Crippen LogP contribution in [-0.2, 0) is 6.18 Å². The maximum Gasteiger partial charge on any atom is 0.416 e. The Kier molecular flexibility index (Phi) is 6.42. The molecule has 0 bridgehead atoms. The maximum absolute atomic E-state index is 13.4. The van der Waals surface area contributed by atoms with Crippen molar-refractivity contribution in [2.24, 2.45) is 0 Å². The van der Waals surface area contributed by atoms with Crippen LogP contribution >= 0.6 is 11.6 Å². The quantitative estimate of drug-likeness (QED) is 0.421. The molecular weight excluding hydrogens is 282 g/mol. The predicted molar refractivity (Wildman–Crippen MR) is 69.1 cm³/mol. The molecule has 108 valence electrons. The summed E-state index contributed by atoms with van der Waals surface area (Å²) in [5.74, 6) is -0.253. The highest BCUT2D eigenvalue weighted by atomic mass is 35.5. The Balaban J connectivity index is 2.43. The summed E-state index contributed by atoms with van der Waals surface area (Å²) in [7, 11) is 0. The zero-order valence-corrected chi connectivity index (χ0v) is 11.1. The SMILES string of the molecule is Fc1cc(C(F)(F)F)ccc1NCCCCCCCl. The van der Waals surface area contributed by atoms with Crippen molar-refractivity contribution >= 4 is 17.3 Å². The zero-order chi connectivity index (χ0) is 14.3. The van der Waals surface area contributed by atoms with Crippen LogP contribution in [0.4, 0.5) is 23.2 Å². The summed E-state index contributed by atoms with van der Waals surface area (Å²) in [6.45, 7) is 0.532. The molecule has 0 saturated heterocycles. The fraction of sp³-hybridized carbons (Fsp3) is 0.538. The number of benzene rings is 1. The smallest absolute Gasteiger partial charge is 0.383 e. The summed E-state index contributed by atoms with van der Waals surface area (Å²) in [5.41, 5.74) is -0.872. The van der Waals surface area contributed by atoms with E-state index in [0.29, 0.717) is 18.5 Å². The van der Waals surface area contributed by atoms with Crippen LogP contribution in [0.2, 0.25) is 0 Å². The Bertz CT molecular complexity index is 393. The van der Waals surface area contributed by atoms with Crippen LogP contribution in [0.5, 0.6) is 0 Å². The first kappa shape index (κ1) is 16.1. The molecule has 6 heteroatoms. The van der Waals surface area contributed by atoms with Gasteiger partial charge in [-0.05, 0) is 31.0 Å². The minimum Gasteiger partial charge on any atom is -0.383 e. The van der Waals surface area contributed by atoms with Crippen molar-refractivity contribution in [3.8, 4) is 0 Å². The van der Waals surface area contributed by atoms with Crippen LogP contribution in [0.15, 0.2) is 18.2 Å². The van der Waals surface area contributed by atoms with Crippen molar-refractivity contribution < 1.29 is 17.6 Å². The second kappa shape index (κ2) is 7.58. The minimum atomic E-state index is -4.51. The number of unbranched alkanes of at least 4 members (excludes halogenated alkanes) is 3. The predicted octanol–water partition coefficient (Wildman–Crippen LogP) is 5.06. The number of halogens is 5. The number of hydrogen-bond donors (Lipinski definition) is 1. The lowest BCUT2D eigenvalue weighted by molar-refractivity contribution is -0.137. The Morgan fingerprint density at radius 1 is 1.05 bits per heavy atom. The van der Waals surface area contributed by atoms with Gasteiger partial charge in [-0.15, -0.1) is 11.6 Å². The Hall–Kier alpha value is -0.970. The molecule has 1 aromatic rings. The van der Waals surface area contributed by atoms with Gasteiger partial charge in [0.25, 0.3) is 0 Å². The summed E-state index contributed by atoms with van der Waals surface area (Å²) in [6, 6.07) is 2.51. The van der Waals surface area contributed by atoms with Crippen LogP contribution in [0.3, 0.4) is 0 Å². The second-order valence-corrected chi connectivity index (χ2v) is 4.60. The van der Waals surface area contributed by atoms with Gasteiger partial charge in [0.05, 0.1) is 11.3 Å². The molecule has 0 atom stereocenters. The third-order valence-corrected chi connectivity index (χ3v) is 2.94. The molecule has 0 amide bonds. The molecule has 0 fully saturated rings. The molecule has 0 heterocycles.